The van der Waals surface area contributed by atoms with Gasteiger partial charge in [-0.1, -0.05) is 0 Å². The van der Waals surface area contributed by atoms with Crippen LogP contribution in [0.3, 0.4) is 0 Å². The van der Waals surface area contributed by atoms with Crippen LogP contribution in [0.15, 0.2) is 182 Å². The first-order valence-electron chi connectivity index (χ1n) is 25.9. The van der Waals surface area contributed by atoms with E-state index in [2.05, 4.69) is 265 Å². The minimum absolute atomic E-state index is 0.0900. The van der Waals surface area contributed by atoms with E-state index in [0.717, 1.165) is 26.6 Å². The Balaban J connectivity index is 0.00000108. The molecule has 382 valence electrons. The maximum absolute atomic E-state index is 9.39. The van der Waals surface area contributed by atoms with E-state index in [1.165, 1.54) is 33.4 Å². The first-order chi connectivity index (χ1) is 33.3. The molecule has 0 amide bonds. The first kappa shape index (κ1) is 58.6. The van der Waals surface area contributed by atoms with Crippen molar-refractivity contribution in [3.63, 3.8) is 0 Å². The summed E-state index contributed by atoms with van der Waals surface area (Å²) in [4.78, 5) is 0. The molecule has 6 aromatic rings. The Hall–Kier alpha value is -3.28. The third kappa shape index (κ3) is 16.4. The van der Waals surface area contributed by atoms with Crippen LogP contribution in [0, 0.1) is 0 Å². The van der Waals surface area contributed by atoms with Gasteiger partial charge in [-0.3, -0.25) is 0 Å². The summed E-state index contributed by atoms with van der Waals surface area (Å²) in [6.07, 6.45) is -2.44. The molecule has 6 rings (SSSR count). The van der Waals surface area contributed by atoms with Gasteiger partial charge in [-0.2, -0.15) is 0 Å². The fraction of sp³-hybridized carbons (Fsp3) is 0.438. The Bertz CT molecular complexity index is 2020. The fourth-order valence-corrected chi connectivity index (χ4v) is 75.0. The normalized spacial score (nSPS) is 14.0. The molecule has 0 heterocycles. The van der Waals surface area contributed by atoms with E-state index in [4.69, 9.17) is 20.4 Å². The smallest absolute Gasteiger partial charge is 0.105 e. The predicted octanol–water partition coefficient (Wildman–Crippen LogP) is 14.5. The zero-order chi connectivity index (χ0) is 52.2. The Morgan fingerprint density at radius 2 is 0.437 bits per heavy atom. The molecule has 0 fully saturated rings. The van der Waals surface area contributed by atoms with Gasteiger partial charge in [0.05, 0.1) is 13.2 Å². The molecule has 7 heteroatoms. The van der Waals surface area contributed by atoms with Crippen molar-refractivity contribution in [2.75, 3.05) is 13.2 Å². The monoisotopic (exact) mass is 1180 g/mol. The number of hydrogen-bond acceptors (Lipinski definition) is 5. The predicted molar refractivity (Wildman–Crippen MR) is 304 cm³/mol. The van der Waals surface area contributed by atoms with E-state index < -0.39 is 63.0 Å². The van der Waals surface area contributed by atoms with Gasteiger partial charge in [0.25, 0.3) is 0 Å². The van der Waals surface area contributed by atoms with Gasteiger partial charge in [0.1, 0.15) is 12.2 Å². The molecule has 0 aliphatic carbocycles. The molecular weight excluding hydrogens is 1090 g/mol. The van der Waals surface area contributed by atoms with Crippen molar-refractivity contribution in [2.24, 2.45) is 0 Å². The maximum atomic E-state index is 9.39. The molecule has 0 aliphatic heterocycles. The Morgan fingerprint density at radius 3 is 0.563 bits per heavy atom. The average molecular weight is 1170 g/mol. The number of hydrogen-bond donors (Lipinski definition) is 4. The molecule has 6 aromatic carbocycles. The zero-order valence-electron chi connectivity index (χ0n) is 45.3. The summed E-state index contributed by atoms with van der Waals surface area (Å²) in [5.74, 6) is 0. The summed E-state index contributed by atoms with van der Waals surface area (Å²) in [7, 11) is 0. The SMILES string of the molecule is CC(C)([CH2][Sn]([CH2]C(C)(C)c1ccccc1)([CH2]C(C)(C)c1ccccc1)[O][Sn]([CH2]C(C)(C)c1ccccc1)([CH2]C(C)(C)c1ccccc1)[CH2]C(C)(C)c1ccccc1)c1ccccc1.OCC(O)C(O)CO. The van der Waals surface area contributed by atoms with Crippen LogP contribution in [-0.2, 0) is 33.9 Å². The van der Waals surface area contributed by atoms with Crippen LogP contribution in [-0.4, -0.2) is 83.4 Å². The minimum Gasteiger partial charge on any atom is -0.394 e. The fourth-order valence-electron chi connectivity index (χ4n) is 12.1. The van der Waals surface area contributed by atoms with Crippen molar-refractivity contribution >= 4 is 37.6 Å². The van der Waals surface area contributed by atoms with Crippen molar-refractivity contribution in [2.45, 2.75) is 154 Å². The second-order valence-electron chi connectivity index (χ2n) is 24.5. The largest absolute Gasteiger partial charge is 0.394 e. The van der Waals surface area contributed by atoms with Crippen LogP contribution in [0.5, 0.6) is 0 Å². The molecule has 2 atom stereocenters. The quantitative estimate of drug-likeness (QED) is 0.0480. The van der Waals surface area contributed by atoms with Gasteiger partial charge in [0.2, 0.25) is 0 Å². The number of benzene rings is 6. The topological polar surface area (TPSA) is 90.2 Å². The molecule has 0 radical (unpaired) electrons. The third-order valence-electron chi connectivity index (χ3n) is 15.2. The molecule has 0 saturated heterocycles. The summed E-state index contributed by atoms with van der Waals surface area (Å²) in [5, 5.41) is 33.2. The van der Waals surface area contributed by atoms with Crippen LogP contribution in [0.1, 0.15) is 116 Å². The van der Waals surface area contributed by atoms with E-state index in [1.807, 2.05) is 0 Å². The molecule has 0 aromatic heterocycles. The van der Waals surface area contributed by atoms with Crippen molar-refractivity contribution < 1.29 is 21.8 Å². The van der Waals surface area contributed by atoms with Crippen LogP contribution in [0.4, 0.5) is 0 Å². The molecule has 0 spiro atoms. The van der Waals surface area contributed by atoms with Gasteiger partial charge in [-0.15, -0.1) is 0 Å². The molecule has 5 nitrogen and oxygen atoms in total. The summed E-state index contributed by atoms with van der Waals surface area (Å²) in [5.41, 5.74) is 7.98. The van der Waals surface area contributed by atoms with Gasteiger partial charge in [-0.25, -0.2) is 0 Å². The summed E-state index contributed by atoms with van der Waals surface area (Å²) in [6.45, 7) is 29.4. The second-order valence-corrected chi connectivity index (χ2v) is 48.6. The third-order valence-corrected chi connectivity index (χ3v) is 60.4. The van der Waals surface area contributed by atoms with Crippen LogP contribution in [0.25, 0.3) is 0 Å². The van der Waals surface area contributed by atoms with Gasteiger partial charge >= 0.3 is 397 Å². The summed E-state index contributed by atoms with van der Waals surface area (Å²) in [6, 6.07) is 68.6. The molecule has 71 heavy (non-hydrogen) atoms. The van der Waals surface area contributed by atoms with E-state index in [9.17, 15) is 1.41 Å². The Labute approximate surface area is 439 Å². The average Bonchev–Trinajstić information content (AvgIpc) is 3.34. The maximum Gasteiger partial charge on any atom is 0.105 e. The van der Waals surface area contributed by atoms with Crippen molar-refractivity contribution in [3.8, 4) is 0 Å². The van der Waals surface area contributed by atoms with Gasteiger partial charge in [-0.05, 0) is 0 Å². The molecular formula is C64H88O5Sn2. The van der Waals surface area contributed by atoms with Gasteiger partial charge in [0, 0.05) is 0 Å². The van der Waals surface area contributed by atoms with E-state index >= 15 is 0 Å². The van der Waals surface area contributed by atoms with E-state index in [0.29, 0.717) is 0 Å². The molecule has 0 saturated carbocycles. The summed E-state index contributed by atoms with van der Waals surface area (Å²) >= 11 is -8.23. The van der Waals surface area contributed by atoms with E-state index in [1.54, 1.807) is 0 Å². The zero-order valence-corrected chi connectivity index (χ0v) is 51.0. The van der Waals surface area contributed by atoms with Gasteiger partial charge in [0.15, 0.2) is 0 Å². The standard InChI is InChI=1S/6C10H13.C4H10O4.O.2Sn/c6*1-10(2,3)9-7-5-4-6-8-9;5-1-3(7)4(8)2-6;;;/h6*4-8H,1H2,2-3H3;3-8H,1-2H2;;;. The van der Waals surface area contributed by atoms with Gasteiger partial charge < -0.3 is 20.4 Å². The Kier molecular flexibility index (Phi) is 20.5. The van der Waals surface area contributed by atoms with Crippen molar-refractivity contribution in [1.29, 1.82) is 0 Å². The van der Waals surface area contributed by atoms with Crippen LogP contribution < -0.4 is 0 Å². The number of aliphatic hydroxyl groups is 4. The van der Waals surface area contributed by atoms with Crippen LogP contribution in [0.2, 0.25) is 26.6 Å². The Morgan fingerprint density at radius 1 is 0.296 bits per heavy atom. The van der Waals surface area contributed by atoms with Crippen LogP contribution >= 0.6 is 0 Å². The molecule has 2 unspecified atom stereocenters. The summed E-state index contributed by atoms with van der Waals surface area (Å²) < 4.78 is 16.1. The first-order valence-corrected chi connectivity index (χ1v) is 40.4. The van der Waals surface area contributed by atoms with E-state index in [-0.39, 0.29) is 32.5 Å². The number of aliphatic hydroxyl groups excluding tert-OH is 4. The minimum atomic E-state index is -4.11. The number of rotatable bonds is 23. The molecule has 0 aliphatic rings. The molecule has 4 N–H and O–H groups in total. The second kappa shape index (κ2) is 24.8. The van der Waals surface area contributed by atoms with Crippen molar-refractivity contribution in [3.05, 3.63) is 215 Å². The molecule has 0 bridgehead atoms. The van der Waals surface area contributed by atoms with Crippen molar-refractivity contribution in [1.82, 2.24) is 0 Å².